The number of hydrogen-bond donors (Lipinski definition) is 1. The van der Waals surface area contributed by atoms with Crippen LogP contribution in [-0.2, 0) is 11.8 Å². The molecule has 0 saturated heterocycles. The maximum atomic E-state index is 12.5. The molecule has 1 N–H and O–H groups in total. The predicted molar refractivity (Wildman–Crippen MR) is 95.6 cm³/mol. The summed E-state index contributed by atoms with van der Waals surface area (Å²) < 4.78 is 2.02. The highest BCUT2D eigenvalue weighted by molar-refractivity contribution is 6.06. The summed E-state index contributed by atoms with van der Waals surface area (Å²) in [4.78, 5) is 25.6. The fraction of sp³-hybridized carbons (Fsp3) is 0.158. The normalized spacial score (nSPS) is 16.6. The van der Waals surface area contributed by atoms with Gasteiger partial charge in [0.1, 0.15) is 6.04 Å². The molecule has 0 amide bonds. The van der Waals surface area contributed by atoms with Gasteiger partial charge in [-0.2, -0.15) is 0 Å². The molecule has 0 saturated carbocycles. The largest absolute Gasteiger partial charge is 0.479 e. The van der Waals surface area contributed by atoms with Crippen LogP contribution < -0.4 is 10.3 Å². The smallest absolute Gasteiger partial charge is 0.330 e. The summed E-state index contributed by atoms with van der Waals surface area (Å²) in [5.74, 6) is -0.938. The zero-order valence-corrected chi connectivity index (χ0v) is 13.4. The van der Waals surface area contributed by atoms with E-state index in [-0.39, 0.29) is 5.43 Å². The van der Waals surface area contributed by atoms with Gasteiger partial charge < -0.3 is 14.6 Å². The number of nitrogens with zero attached hydrogens (tertiary/aromatic N) is 2. The molecule has 5 nitrogen and oxygen atoms in total. The van der Waals surface area contributed by atoms with Gasteiger partial charge in [-0.1, -0.05) is 18.2 Å². The van der Waals surface area contributed by atoms with Crippen molar-refractivity contribution in [1.82, 2.24) is 4.57 Å². The Morgan fingerprint density at radius 3 is 2.67 bits per heavy atom. The monoisotopic (exact) mass is 320 g/mol. The molecule has 2 heterocycles. The third-order valence-electron chi connectivity index (χ3n) is 4.71. The van der Waals surface area contributed by atoms with Gasteiger partial charge in [0.15, 0.2) is 5.43 Å². The first-order chi connectivity index (χ1) is 11.5. The summed E-state index contributed by atoms with van der Waals surface area (Å²) in [6.45, 7) is 0. The summed E-state index contributed by atoms with van der Waals surface area (Å²) in [7, 11) is 3.69. The van der Waals surface area contributed by atoms with Gasteiger partial charge in [-0.15, -0.1) is 0 Å². The Hall–Kier alpha value is -3.08. The van der Waals surface area contributed by atoms with E-state index in [2.05, 4.69) is 0 Å². The number of aliphatic carboxylic acids is 1. The molecule has 1 aliphatic heterocycles. The van der Waals surface area contributed by atoms with E-state index >= 15 is 0 Å². The van der Waals surface area contributed by atoms with Crippen molar-refractivity contribution in [1.29, 1.82) is 0 Å². The van der Waals surface area contributed by atoms with E-state index in [0.717, 1.165) is 21.7 Å². The van der Waals surface area contributed by atoms with Crippen LogP contribution >= 0.6 is 0 Å². The van der Waals surface area contributed by atoms with E-state index in [1.54, 1.807) is 36.2 Å². The zero-order chi connectivity index (χ0) is 17.0. The van der Waals surface area contributed by atoms with Crippen molar-refractivity contribution in [2.45, 2.75) is 6.04 Å². The highest BCUT2D eigenvalue weighted by atomic mass is 16.4. The predicted octanol–water partition coefficient (Wildman–Crippen LogP) is 2.61. The number of likely N-dealkylation sites (N-methyl/N-ethyl adjacent to an activating group) is 1. The second-order valence-electron chi connectivity index (χ2n) is 6.14. The van der Waals surface area contributed by atoms with Gasteiger partial charge in [0, 0.05) is 42.1 Å². The SMILES string of the molecule is CN1c2c(c(=O)ccc3cc4c(ccn4C)cc23)C=CC1C(=O)O. The molecular formula is C19H16N2O3. The van der Waals surface area contributed by atoms with Crippen LogP contribution in [0.4, 0.5) is 5.69 Å². The van der Waals surface area contributed by atoms with E-state index < -0.39 is 12.0 Å². The van der Waals surface area contributed by atoms with E-state index in [4.69, 9.17) is 0 Å². The lowest BCUT2D eigenvalue weighted by Crippen LogP contribution is -2.39. The number of fused-ring (bicyclic) bond motifs is 4. The number of carboxylic acids is 1. The van der Waals surface area contributed by atoms with Crippen LogP contribution in [0.2, 0.25) is 0 Å². The summed E-state index contributed by atoms with van der Waals surface area (Å²) >= 11 is 0. The average Bonchev–Trinajstić information content (AvgIpc) is 2.84. The number of rotatable bonds is 1. The molecule has 4 rings (SSSR count). The summed E-state index contributed by atoms with van der Waals surface area (Å²) in [5.41, 5.74) is 2.15. The fourth-order valence-electron chi connectivity index (χ4n) is 3.44. The molecule has 2 aromatic carbocycles. The molecule has 1 aromatic heterocycles. The second-order valence-corrected chi connectivity index (χ2v) is 6.14. The molecule has 1 aliphatic rings. The first-order valence-electron chi connectivity index (χ1n) is 7.67. The number of anilines is 1. The molecule has 24 heavy (non-hydrogen) atoms. The van der Waals surface area contributed by atoms with Crippen LogP contribution in [0.25, 0.3) is 27.8 Å². The lowest BCUT2D eigenvalue weighted by Gasteiger charge is -2.29. The second kappa shape index (κ2) is 4.96. The van der Waals surface area contributed by atoms with Crippen molar-refractivity contribution in [3.05, 3.63) is 58.4 Å². The fourth-order valence-corrected chi connectivity index (χ4v) is 3.44. The van der Waals surface area contributed by atoms with Gasteiger partial charge in [0.2, 0.25) is 0 Å². The maximum absolute atomic E-state index is 12.5. The summed E-state index contributed by atoms with van der Waals surface area (Å²) in [6.07, 6.45) is 5.17. The molecule has 1 atom stereocenters. The van der Waals surface area contributed by atoms with Gasteiger partial charge >= 0.3 is 5.97 Å². The van der Waals surface area contributed by atoms with Crippen molar-refractivity contribution in [2.75, 3.05) is 11.9 Å². The first kappa shape index (κ1) is 14.5. The average molecular weight is 320 g/mol. The van der Waals surface area contributed by atoms with Crippen LogP contribution in [0.15, 0.2) is 47.4 Å². The Labute approximate surface area is 138 Å². The molecule has 0 radical (unpaired) electrons. The standard InChI is InChI=1S/C19H16N2O3/c1-20-8-7-12-9-14-11(10-16(12)20)3-6-17(22)13-4-5-15(19(23)24)21(2)18(13)14/h3-10,15H,1-2H3,(H,23,24). The van der Waals surface area contributed by atoms with Crippen LogP contribution in [0.1, 0.15) is 5.56 Å². The molecule has 1 unspecified atom stereocenters. The van der Waals surface area contributed by atoms with E-state index in [1.165, 1.54) is 0 Å². The highest BCUT2D eigenvalue weighted by Crippen LogP contribution is 2.34. The Kier molecular flexibility index (Phi) is 3.00. The van der Waals surface area contributed by atoms with Crippen LogP contribution in [0.3, 0.4) is 0 Å². The third kappa shape index (κ3) is 1.94. The molecular weight excluding hydrogens is 304 g/mol. The number of aryl methyl sites for hydroxylation is 1. The Balaban J connectivity index is 2.17. The van der Waals surface area contributed by atoms with E-state index in [9.17, 15) is 14.7 Å². The number of aromatic nitrogens is 1. The van der Waals surface area contributed by atoms with Crippen LogP contribution in [0.5, 0.6) is 0 Å². The van der Waals surface area contributed by atoms with Crippen molar-refractivity contribution in [3.8, 4) is 0 Å². The summed E-state index contributed by atoms with van der Waals surface area (Å²) in [5, 5.41) is 12.3. The molecule has 0 bridgehead atoms. The molecule has 0 aliphatic carbocycles. The molecule has 5 heteroatoms. The third-order valence-corrected chi connectivity index (χ3v) is 4.71. The van der Waals surface area contributed by atoms with Gasteiger partial charge in [-0.3, -0.25) is 4.79 Å². The topological polar surface area (TPSA) is 62.5 Å². The quantitative estimate of drug-likeness (QED) is 0.748. The Morgan fingerprint density at radius 2 is 1.92 bits per heavy atom. The number of carboxylic acid groups (broad SMARTS) is 1. The number of benzene rings is 1. The zero-order valence-electron chi connectivity index (χ0n) is 13.4. The lowest BCUT2D eigenvalue weighted by atomic mass is 10.0. The van der Waals surface area contributed by atoms with Gasteiger partial charge in [0.25, 0.3) is 0 Å². The van der Waals surface area contributed by atoms with Crippen LogP contribution in [0, 0.1) is 0 Å². The van der Waals surface area contributed by atoms with E-state index in [1.807, 2.05) is 36.0 Å². The van der Waals surface area contributed by atoms with Gasteiger partial charge in [-0.25, -0.2) is 4.79 Å². The maximum Gasteiger partial charge on any atom is 0.330 e. The summed E-state index contributed by atoms with van der Waals surface area (Å²) in [6, 6.07) is 8.65. The van der Waals surface area contributed by atoms with Crippen molar-refractivity contribution >= 4 is 39.4 Å². The van der Waals surface area contributed by atoms with Crippen molar-refractivity contribution in [3.63, 3.8) is 0 Å². The first-order valence-corrected chi connectivity index (χ1v) is 7.67. The molecule has 3 aromatic rings. The minimum Gasteiger partial charge on any atom is -0.479 e. The van der Waals surface area contributed by atoms with Crippen molar-refractivity contribution < 1.29 is 9.90 Å². The van der Waals surface area contributed by atoms with Gasteiger partial charge in [-0.05, 0) is 29.7 Å². The molecule has 0 fully saturated rings. The van der Waals surface area contributed by atoms with E-state index in [0.29, 0.717) is 11.3 Å². The minimum atomic E-state index is -0.938. The van der Waals surface area contributed by atoms with Crippen molar-refractivity contribution in [2.24, 2.45) is 7.05 Å². The highest BCUT2D eigenvalue weighted by Gasteiger charge is 2.27. The molecule has 120 valence electrons. The Morgan fingerprint density at radius 1 is 1.12 bits per heavy atom. The number of hydrogen-bond acceptors (Lipinski definition) is 3. The minimum absolute atomic E-state index is 0.114. The number of carbonyl (C=O) groups is 1. The molecule has 0 spiro atoms. The lowest BCUT2D eigenvalue weighted by molar-refractivity contribution is -0.137. The van der Waals surface area contributed by atoms with Crippen LogP contribution in [-0.4, -0.2) is 28.7 Å². The Bertz CT molecular complexity index is 1100. The van der Waals surface area contributed by atoms with Gasteiger partial charge in [0.05, 0.1) is 5.69 Å².